The molecule has 0 unspecified atom stereocenters. The number of rotatable bonds is 6. The molecule has 0 saturated heterocycles. The monoisotopic (exact) mass is 350 g/mol. The molecular formula is C17H23FN4OS. The summed E-state index contributed by atoms with van der Waals surface area (Å²) in [5.41, 5.74) is 1.88. The van der Waals surface area contributed by atoms with Crippen LogP contribution >= 0.6 is 11.3 Å². The van der Waals surface area contributed by atoms with Crippen molar-refractivity contribution < 1.29 is 9.13 Å². The molecule has 0 aliphatic carbocycles. The molecule has 2 N–H and O–H groups in total. The molecule has 24 heavy (non-hydrogen) atoms. The van der Waals surface area contributed by atoms with Gasteiger partial charge in [-0.2, -0.15) is 0 Å². The van der Waals surface area contributed by atoms with Gasteiger partial charge in [-0.15, -0.1) is 11.3 Å². The Morgan fingerprint density at radius 2 is 2.04 bits per heavy atom. The predicted molar refractivity (Wildman–Crippen MR) is 96.2 cm³/mol. The number of aliphatic imine (C=N–C) groups is 1. The third kappa shape index (κ3) is 4.92. The lowest BCUT2D eigenvalue weighted by Gasteiger charge is -2.12. The number of hydrogen-bond acceptors (Lipinski definition) is 4. The minimum Gasteiger partial charge on any atom is -0.491 e. The number of guanidine groups is 1. The van der Waals surface area contributed by atoms with Crippen LogP contribution in [0.4, 0.5) is 4.39 Å². The Kier molecular flexibility index (Phi) is 6.54. The standard InChI is InChI=1S/C17H23FN4OS/c1-5-23-15-7-6-13(8-14(15)18)9-20-17(19-4)21-10-16-22-11(2)12(3)24-16/h6-8H,5,9-10H2,1-4H3,(H2,19,20,21). The quantitative estimate of drug-likeness (QED) is 0.621. The van der Waals surface area contributed by atoms with E-state index >= 15 is 0 Å². The molecule has 1 aromatic carbocycles. The third-order valence-electron chi connectivity index (χ3n) is 3.46. The van der Waals surface area contributed by atoms with Crippen molar-refractivity contribution in [3.8, 4) is 5.75 Å². The number of ether oxygens (including phenoxy) is 1. The summed E-state index contributed by atoms with van der Waals surface area (Å²) >= 11 is 1.67. The highest BCUT2D eigenvalue weighted by atomic mass is 32.1. The maximum atomic E-state index is 13.8. The Hall–Kier alpha value is -2.15. The molecule has 0 amide bonds. The van der Waals surface area contributed by atoms with Gasteiger partial charge in [-0.1, -0.05) is 6.07 Å². The molecule has 0 atom stereocenters. The molecule has 1 aromatic heterocycles. The predicted octanol–water partition coefficient (Wildman–Crippen LogP) is 3.16. The van der Waals surface area contributed by atoms with E-state index in [-0.39, 0.29) is 11.6 Å². The van der Waals surface area contributed by atoms with E-state index in [1.54, 1.807) is 24.5 Å². The number of halogens is 1. The second kappa shape index (κ2) is 8.63. The van der Waals surface area contributed by atoms with E-state index in [9.17, 15) is 4.39 Å². The SMILES string of the molecule is CCOc1ccc(CNC(=NC)NCc2nc(C)c(C)s2)cc1F. The van der Waals surface area contributed by atoms with Gasteiger partial charge < -0.3 is 15.4 Å². The zero-order valence-electron chi connectivity index (χ0n) is 14.4. The first-order chi connectivity index (χ1) is 11.5. The smallest absolute Gasteiger partial charge is 0.191 e. The molecule has 2 rings (SSSR count). The van der Waals surface area contributed by atoms with E-state index in [1.807, 2.05) is 19.9 Å². The first kappa shape index (κ1) is 18.2. The van der Waals surface area contributed by atoms with Crippen LogP contribution in [0.5, 0.6) is 5.75 Å². The number of nitrogens with one attached hydrogen (secondary N) is 2. The number of nitrogens with zero attached hydrogens (tertiary/aromatic N) is 2. The maximum Gasteiger partial charge on any atom is 0.191 e. The van der Waals surface area contributed by atoms with Gasteiger partial charge in [-0.05, 0) is 38.5 Å². The topological polar surface area (TPSA) is 58.5 Å². The Morgan fingerprint density at radius 1 is 1.29 bits per heavy atom. The lowest BCUT2D eigenvalue weighted by atomic mass is 10.2. The number of aryl methyl sites for hydroxylation is 2. The van der Waals surface area contributed by atoms with Crippen LogP contribution in [0, 0.1) is 19.7 Å². The van der Waals surface area contributed by atoms with Crippen LogP contribution in [0.25, 0.3) is 0 Å². The summed E-state index contributed by atoms with van der Waals surface area (Å²) in [5, 5.41) is 7.39. The van der Waals surface area contributed by atoms with Crippen molar-refractivity contribution in [3.63, 3.8) is 0 Å². The average Bonchev–Trinajstić information content (AvgIpc) is 2.88. The Labute approximate surface area is 146 Å². The molecule has 0 spiro atoms. The van der Waals surface area contributed by atoms with Crippen LogP contribution in [-0.2, 0) is 13.1 Å². The fourth-order valence-corrected chi connectivity index (χ4v) is 2.98. The number of benzene rings is 1. The van der Waals surface area contributed by atoms with Gasteiger partial charge in [0.2, 0.25) is 0 Å². The van der Waals surface area contributed by atoms with E-state index in [0.717, 1.165) is 16.3 Å². The third-order valence-corrected chi connectivity index (χ3v) is 4.53. The normalized spacial score (nSPS) is 11.5. The summed E-state index contributed by atoms with van der Waals surface area (Å²) in [6, 6.07) is 4.95. The van der Waals surface area contributed by atoms with Gasteiger partial charge in [-0.3, -0.25) is 4.99 Å². The molecule has 0 bridgehead atoms. The molecule has 1 heterocycles. The van der Waals surface area contributed by atoms with Crippen LogP contribution < -0.4 is 15.4 Å². The first-order valence-electron chi connectivity index (χ1n) is 7.82. The van der Waals surface area contributed by atoms with Crippen LogP contribution in [-0.4, -0.2) is 24.6 Å². The van der Waals surface area contributed by atoms with Gasteiger partial charge in [0.15, 0.2) is 17.5 Å². The van der Waals surface area contributed by atoms with E-state index < -0.39 is 0 Å². The second-order valence-electron chi connectivity index (χ2n) is 5.23. The molecule has 0 aliphatic rings. The van der Waals surface area contributed by atoms with Crippen molar-refractivity contribution in [1.82, 2.24) is 15.6 Å². The minimum atomic E-state index is -0.354. The van der Waals surface area contributed by atoms with Crippen molar-refractivity contribution >= 4 is 17.3 Å². The molecule has 0 aliphatic heterocycles. The second-order valence-corrected chi connectivity index (χ2v) is 6.51. The zero-order chi connectivity index (χ0) is 17.5. The summed E-state index contributed by atoms with van der Waals surface area (Å²) in [6.45, 7) is 7.42. The summed E-state index contributed by atoms with van der Waals surface area (Å²) < 4.78 is 19.0. The van der Waals surface area contributed by atoms with Crippen molar-refractivity contribution in [1.29, 1.82) is 0 Å². The van der Waals surface area contributed by atoms with Crippen molar-refractivity contribution in [2.75, 3.05) is 13.7 Å². The van der Waals surface area contributed by atoms with Crippen LogP contribution in [0.2, 0.25) is 0 Å². The van der Waals surface area contributed by atoms with E-state index in [0.29, 0.717) is 25.7 Å². The van der Waals surface area contributed by atoms with E-state index in [4.69, 9.17) is 4.74 Å². The maximum absolute atomic E-state index is 13.8. The highest BCUT2D eigenvalue weighted by Gasteiger charge is 2.07. The Balaban J connectivity index is 1.88. The molecule has 0 fully saturated rings. The summed E-state index contributed by atoms with van der Waals surface area (Å²) in [4.78, 5) is 9.87. The molecule has 5 nitrogen and oxygen atoms in total. The molecule has 0 saturated carbocycles. The Bertz CT molecular complexity index is 695. The number of hydrogen-bond donors (Lipinski definition) is 2. The molecule has 2 aromatic rings. The summed E-state index contributed by atoms with van der Waals surface area (Å²) in [7, 11) is 1.70. The van der Waals surface area contributed by atoms with E-state index in [2.05, 4.69) is 27.5 Å². The fourth-order valence-electron chi connectivity index (χ4n) is 2.11. The first-order valence-corrected chi connectivity index (χ1v) is 8.63. The lowest BCUT2D eigenvalue weighted by molar-refractivity contribution is 0.321. The van der Waals surface area contributed by atoms with Crippen molar-refractivity contribution in [3.05, 3.63) is 45.2 Å². The van der Waals surface area contributed by atoms with E-state index in [1.165, 1.54) is 10.9 Å². The molecule has 0 radical (unpaired) electrons. The summed E-state index contributed by atoms with van der Waals surface area (Å²) in [5.74, 6) is 0.570. The fraction of sp³-hybridized carbons (Fsp3) is 0.412. The number of thiazole rings is 1. The molecular weight excluding hydrogens is 327 g/mol. The largest absolute Gasteiger partial charge is 0.491 e. The molecule has 130 valence electrons. The Morgan fingerprint density at radius 3 is 2.62 bits per heavy atom. The van der Waals surface area contributed by atoms with Crippen LogP contribution in [0.1, 0.15) is 28.1 Å². The average molecular weight is 350 g/mol. The van der Waals surface area contributed by atoms with Gasteiger partial charge in [0.05, 0.1) is 18.8 Å². The molecule has 7 heteroatoms. The van der Waals surface area contributed by atoms with Crippen molar-refractivity contribution in [2.45, 2.75) is 33.9 Å². The van der Waals surface area contributed by atoms with Gasteiger partial charge in [0.25, 0.3) is 0 Å². The lowest BCUT2D eigenvalue weighted by Crippen LogP contribution is -2.36. The summed E-state index contributed by atoms with van der Waals surface area (Å²) in [6.07, 6.45) is 0. The highest BCUT2D eigenvalue weighted by molar-refractivity contribution is 7.11. The highest BCUT2D eigenvalue weighted by Crippen LogP contribution is 2.18. The number of aromatic nitrogens is 1. The zero-order valence-corrected chi connectivity index (χ0v) is 15.3. The van der Waals surface area contributed by atoms with Crippen LogP contribution in [0.3, 0.4) is 0 Å². The van der Waals surface area contributed by atoms with Gasteiger partial charge in [-0.25, -0.2) is 9.37 Å². The minimum absolute atomic E-state index is 0.276. The van der Waals surface area contributed by atoms with Crippen LogP contribution in [0.15, 0.2) is 23.2 Å². The van der Waals surface area contributed by atoms with Gasteiger partial charge in [0, 0.05) is 18.5 Å². The van der Waals surface area contributed by atoms with Crippen molar-refractivity contribution in [2.24, 2.45) is 4.99 Å². The van der Waals surface area contributed by atoms with Gasteiger partial charge >= 0.3 is 0 Å². The van der Waals surface area contributed by atoms with Gasteiger partial charge in [0.1, 0.15) is 5.01 Å².